The lowest BCUT2D eigenvalue weighted by Crippen LogP contribution is -2.29. The maximum atomic E-state index is 12.3. The van der Waals surface area contributed by atoms with Crippen molar-refractivity contribution in [3.05, 3.63) is 68.2 Å². The number of amidine groups is 1. The molecule has 0 aromatic heterocycles. The lowest BCUT2D eigenvalue weighted by Gasteiger charge is -2.09. The topological polar surface area (TPSA) is 96.6 Å². The molecule has 130 valence electrons. The minimum Gasteiger partial charge on any atom is -0.300 e. The van der Waals surface area contributed by atoms with Crippen LogP contribution in [-0.2, 0) is 0 Å². The Morgan fingerprint density at radius 1 is 1.16 bits per heavy atom. The molecule has 2 aromatic rings. The van der Waals surface area contributed by atoms with E-state index in [9.17, 15) is 14.9 Å². The van der Waals surface area contributed by atoms with Crippen molar-refractivity contribution < 1.29 is 9.72 Å². The van der Waals surface area contributed by atoms with E-state index in [1.807, 2.05) is 0 Å². The highest BCUT2D eigenvalue weighted by Crippen LogP contribution is 2.24. The van der Waals surface area contributed by atoms with Gasteiger partial charge in [0.15, 0.2) is 5.17 Å². The van der Waals surface area contributed by atoms with E-state index < -0.39 is 10.8 Å². The molecule has 1 amide bonds. The maximum Gasteiger partial charge on any atom is 0.269 e. The van der Waals surface area contributed by atoms with E-state index in [1.165, 1.54) is 36.0 Å². The SMILES string of the molecule is CSC(=NNc1ccc([N+](=O)[O-])cc1)NC(=O)c1c(Cl)cccc1Cl. The normalized spacial score (nSPS) is 11.1. The summed E-state index contributed by atoms with van der Waals surface area (Å²) in [6.45, 7) is 0. The molecular formula is C15H12Cl2N4O3S. The molecule has 0 saturated heterocycles. The Balaban J connectivity index is 2.10. The third-order valence-electron chi connectivity index (χ3n) is 2.97. The zero-order chi connectivity index (χ0) is 18.4. The van der Waals surface area contributed by atoms with Gasteiger partial charge in [-0.05, 0) is 30.5 Å². The molecule has 0 aliphatic carbocycles. The molecule has 2 N–H and O–H groups in total. The van der Waals surface area contributed by atoms with Crippen molar-refractivity contribution in [2.75, 3.05) is 11.7 Å². The first-order valence-electron chi connectivity index (χ1n) is 6.80. The van der Waals surface area contributed by atoms with E-state index >= 15 is 0 Å². The van der Waals surface area contributed by atoms with Gasteiger partial charge in [0.2, 0.25) is 0 Å². The highest BCUT2D eigenvalue weighted by Gasteiger charge is 2.16. The van der Waals surface area contributed by atoms with Crippen LogP contribution in [0, 0.1) is 10.1 Å². The summed E-state index contributed by atoms with van der Waals surface area (Å²) in [7, 11) is 0. The molecule has 0 fully saturated rings. The van der Waals surface area contributed by atoms with E-state index in [-0.39, 0.29) is 26.5 Å². The molecule has 0 radical (unpaired) electrons. The zero-order valence-corrected chi connectivity index (χ0v) is 15.2. The van der Waals surface area contributed by atoms with Crippen LogP contribution < -0.4 is 10.7 Å². The first-order valence-corrected chi connectivity index (χ1v) is 8.78. The van der Waals surface area contributed by atoms with Gasteiger partial charge >= 0.3 is 0 Å². The number of thioether (sulfide) groups is 1. The Kier molecular flexibility index (Phi) is 6.63. The smallest absolute Gasteiger partial charge is 0.269 e. The number of nitrogens with zero attached hydrogens (tertiary/aromatic N) is 2. The number of carbonyl (C=O) groups excluding carboxylic acids is 1. The van der Waals surface area contributed by atoms with Crippen LogP contribution in [0.3, 0.4) is 0 Å². The summed E-state index contributed by atoms with van der Waals surface area (Å²) in [5, 5.41) is 18.0. The Morgan fingerprint density at radius 3 is 2.28 bits per heavy atom. The molecule has 2 rings (SSSR count). The molecule has 0 unspecified atom stereocenters. The number of hydrazone groups is 1. The lowest BCUT2D eigenvalue weighted by molar-refractivity contribution is -0.384. The number of non-ortho nitro benzene ring substituents is 1. The fourth-order valence-corrected chi connectivity index (χ4v) is 2.67. The van der Waals surface area contributed by atoms with Crippen LogP contribution in [0.1, 0.15) is 10.4 Å². The van der Waals surface area contributed by atoms with E-state index in [0.29, 0.717) is 5.69 Å². The molecular weight excluding hydrogens is 387 g/mol. The van der Waals surface area contributed by atoms with Crippen molar-refractivity contribution in [1.82, 2.24) is 5.32 Å². The van der Waals surface area contributed by atoms with Gasteiger partial charge < -0.3 is 0 Å². The van der Waals surface area contributed by atoms with E-state index in [0.717, 1.165) is 0 Å². The second-order valence-electron chi connectivity index (χ2n) is 4.59. The number of nitro groups is 1. The van der Waals surface area contributed by atoms with Crippen molar-refractivity contribution in [3.63, 3.8) is 0 Å². The summed E-state index contributed by atoms with van der Waals surface area (Å²) >= 11 is 13.2. The second kappa shape index (κ2) is 8.70. The number of carbonyl (C=O) groups is 1. The second-order valence-corrected chi connectivity index (χ2v) is 6.20. The number of anilines is 1. The molecule has 0 aliphatic rings. The lowest BCUT2D eigenvalue weighted by atomic mass is 10.2. The predicted molar refractivity (Wildman–Crippen MR) is 102 cm³/mol. The van der Waals surface area contributed by atoms with Crippen LogP contribution in [0.15, 0.2) is 47.6 Å². The molecule has 0 atom stereocenters. The van der Waals surface area contributed by atoms with Crippen molar-refractivity contribution in [1.29, 1.82) is 0 Å². The number of nitrogens with one attached hydrogen (secondary N) is 2. The number of amides is 1. The average Bonchev–Trinajstić information content (AvgIpc) is 2.58. The van der Waals surface area contributed by atoms with Gasteiger partial charge in [-0.1, -0.05) is 41.0 Å². The molecule has 10 heteroatoms. The summed E-state index contributed by atoms with van der Waals surface area (Å²) in [4.78, 5) is 22.4. The van der Waals surface area contributed by atoms with Crippen LogP contribution in [0.2, 0.25) is 10.0 Å². The summed E-state index contributed by atoms with van der Waals surface area (Å²) < 4.78 is 0. The number of hydrogen-bond donors (Lipinski definition) is 2. The van der Waals surface area contributed by atoms with Gasteiger partial charge in [-0.2, -0.15) is 0 Å². The van der Waals surface area contributed by atoms with Gasteiger partial charge in [0.1, 0.15) is 0 Å². The molecule has 2 aromatic carbocycles. The Hall–Kier alpha value is -2.29. The minimum atomic E-state index is -0.492. The standard InChI is InChI=1S/C15H12Cl2N4O3S/c1-25-15(18-14(22)13-11(16)3-2-4-12(13)17)20-19-9-5-7-10(8-6-9)21(23)24/h2-8,19H,1H3,(H,18,20,22). The summed E-state index contributed by atoms with van der Waals surface area (Å²) in [5.74, 6) is -0.491. The highest BCUT2D eigenvalue weighted by molar-refractivity contribution is 8.13. The highest BCUT2D eigenvalue weighted by atomic mass is 35.5. The Bertz CT molecular complexity index is 808. The van der Waals surface area contributed by atoms with Crippen molar-refractivity contribution in [2.24, 2.45) is 5.10 Å². The summed E-state index contributed by atoms with van der Waals surface area (Å²) in [5.41, 5.74) is 3.37. The van der Waals surface area contributed by atoms with Crippen LogP contribution in [0.4, 0.5) is 11.4 Å². The van der Waals surface area contributed by atoms with Crippen LogP contribution in [0.25, 0.3) is 0 Å². The van der Waals surface area contributed by atoms with E-state index in [4.69, 9.17) is 23.2 Å². The van der Waals surface area contributed by atoms with Crippen LogP contribution >= 0.6 is 35.0 Å². The molecule has 0 saturated carbocycles. The summed E-state index contributed by atoms with van der Waals surface area (Å²) in [6.07, 6.45) is 1.73. The van der Waals surface area contributed by atoms with Gasteiger partial charge in [0.05, 0.1) is 26.2 Å². The monoisotopic (exact) mass is 398 g/mol. The quantitative estimate of drug-likeness (QED) is 0.344. The predicted octanol–water partition coefficient (Wildman–Crippen LogP) is 4.38. The number of benzene rings is 2. The first kappa shape index (κ1) is 19.0. The first-order chi connectivity index (χ1) is 11.9. The van der Waals surface area contributed by atoms with E-state index in [2.05, 4.69) is 15.8 Å². The Labute approximate surface area is 157 Å². The molecule has 0 aliphatic heterocycles. The molecule has 7 nitrogen and oxygen atoms in total. The minimum absolute atomic E-state index is 0.0266. The van der Waals surface area contributed by atoms with Gasteiger partial charge in [0, 0.05) is 12.1 Å². The number of hydrogen-bond acceptors (Lipinski definition) is 6. The number of halogens is 2. The number of rotatable bonds is 4. The van der Waals surface area contributed by atoms with Gasteiger partial charge in [-0.15, -0.1) is 5.10 Å². The molecule has 0 bridgehead atoms. The van der Waals surface area contributed by atoms with Gasteiger partial charge in [-0.25, -0.2) is 0 Å². The van der Waals surface area contributed by atoms with Crippen LogP contribution in [0.5, 0.6) is 0 Å². The molecule has 0 heterocycles. The van der Waals surface area contributed by atoms with Crippen LogP contribution in [-0.4, -0.2) is 22.3 Å². The molecule has 0 spiro atoms. The third kappa shape index (κ3) is 5.09. The molecule has 25 heavy (non-hydrogen) atoms. The van der Waals surface area contributed by atoms with Crippen molar-refractivity contribution in [3.8, 4) is 0 Å². The zero-order valence-electron chi connectivity index (χ0n) is 12.8. The van der Waals surface area contributed by atoms with Crippen molar-refractivity contribution >= 4 is 57.4 Å². The summed E-state index contributed by atoms with van der Waals surface area (Å²) in [6, 6.07) is 10.5. The Morgan fingerprint density at radius 2 is 1.76 bits per heavy atom. The van der Waals surface area contributed by atoms with E-state index in [1.54, 1.807) is 24.5 Å². The maximum absolute atomic E-state index is 12.3. The number of nitro benzene ring substituents is 1. The fourth-order valence-electron chi connectivity index (χ4n) is 1.77. The largest absolute Gasteiger partial charge is 0.300 e. The fraction of sp³-hybridized carbons (Fsp3) is 0.0667. The van der Waals surface area contributed by atoms with Gasteiger partial charge in [-0.3, -0.25) is 25.7 Å². The third-order valence-corrected chi connectivity index (χ3v) is 4.18. The van der Waals surface area contributed by atoms with Gasteiger partial charge in [0.25, 0.3) is 11.6 Å². The van der Waals surface area contributed by atoms with Crippen molar-refractivity contribution in [2.45, 2.75) is 0 Å². The average molecular weight is 399 g/mol.